The van der Waals surface area contributed by atoms with E-state index in [1.807, 2.05) is 19.1 Å². The molecule has 2 N–H and O–H groups in total. The smallest absolute Gasteiger partial charge is 0.452 e. The third kappa shape index (κ3) is 5.44. The van der Waals surface area contributed by atoms with E-state index in [4.69, 9.17) is 0 Å². The first-order valence-electron chi connectivity index (χ1n) is 11.0. The summed E-state index contributed by atoms with van der Waals surface area (Å²) in [4.78, 5) is 24.5. The second-order valence-corrected chi connectivity index (χ2v) is 10.5. The fourth-order valence-electron chi connectivity index (χ4n) is 3.69. The van der Waals surface area contributed by atoms with Crippen molar-refractivity contribution in [2.45, 2.75) is 63.2 Å². The number of hydrogen-bond donors (Lipinski definition) is 2. The SMILES string of the molecule is CCc1ccc(-n2c(SC(C)(C)C(=O)NC(C(=O)O)C(C)C)nnc2C(F)(F)F)c2ccccc12. The Morgan fingerprint density at radius 3 is 2.26 bits per heavy atom. The van der Waals surface area contributed by atoms with E-state index in [0.29, 0.717) is 11.8 Å². The van der Waals surface area contributed by atoms with Crippen molar-refractivity contribution in [3.63, 3.8) is 0 Å². The van der Waals surface area contributed by atoms with Gasteiger partial charge in [-0.1, -0.05) is 62.9 Å². The van der Waals surface area contributed by atoms with Crippen molar-refractivity contribution < 1.29 is 27.9 Å². The topological polar surface area (TPSA) is 97.1 Å². The van der Waals surface area contributed by atoms with E-state index in [0.717, 1.165) is 27.3 Å². The summed E-state index contributed by atoms with van der Waals surface area (Å²) in [6.07, 6.45) is -4.10. The van der Waals surface area contributed by atoms with Gasteiger partial charge in [-0.25, -0.2) is 4.79 Å². The standard InChI is InChI=1S/C24H27F3N4O3S/c1-6-14-11-12-17(16-10-8-7-9-15(14)16)31-20(24(25,26)27)29-30-22(31)35-23(4,5)21(34)28-18(13(2)3)19(32)33/h7-13,18H,6H2,1-5H3,(H,28,34)(H,32,33). The lowest BCUT2D eigenvalue weighted by atomic mass is 10.0. The van der Waals surface area contributed by atoms with Gasteiger partial charge in [-0.15, -0.1) is 10.2 Å². The van der Waals surface area contributed by atoms with Crippen LogP contribution in [0, 0.1) is 5.92 Å². The number of rotatable bonds is 8. The van der Waals surface area contributed by atoms with Crippen LogP contribution in [-0.4, -0.2) is 42.5 Å². The number of nitrogens with one attached hydrogen (secondary N) is 1. The third-order valence-electron chi connectivity index (χ3n) is 5.61. The van der Waals surface area contributed by atoms with E-state index in [-0.39, 0.29) is 16.8 Å². The number of halogens is 3. The molecule has 1 heterocycles. The fraction of sp³-hybridized carbons (Fsp3) is 0.417. The summed E-state index contributed by atoms with van der Waals surface area (Å²) in [6.45, 7) is 8.26. The Balaban J connectivity index is 2.12. The van der Waals surface area contributed by atoms with Gasteiger partial charge in [-0.2, -0.15) is 13.2 Å². The van der Waals surface area contributed by atoms with E-state index < -0.39 is 34.7 Å². The van der Waals surface area contributed by atoms with Crippen molar-refractivity contribution in [3.8, 4) is 5.69 Å². The van der Waals surface area contributed by atoms with Crippen molar-refractivity contribution >= 4 is 34.4 Å². The highest BCUT2D eigenvalue weighted by atomic mass is 32.2. The fourth-order valence-corrected chi connectivity index (χ4v) is 4.65. The Bertz CT molecular complexity index is 1250. The van der Waals surface area contributed by atoms with Gasteiger partial charge in [-0.05, 0) is 43.2 Å². The van der Waals surface area contributed by atoms with E-state index in [9.17, 15) is 27.9 Å². The Hall–Kier alpha value is -3.08. The number of aromatic nitrogens is 3. The van der Waals surface area contributed by atoms with Gasteiger partial charge in [0.1, 0.15) is 6.04 Å². The van der Waals surface area contributed by atoms with Gasteiger partial charge in [0.25, 0.3) is 0 Å². The van der Waals surface area contributed by atoms with E-state index >= 15 is 0 Å². The summed E-state index contributed by atoms with van der Waals surface area (Å²) in [7, 11) is 0. The Morgan fingerprint density at radius 1 is 1.09 bits per heavy atom. The summed E-state index contributed by atoms with van der Waals surface area (Å²) in [5, 5.41) is 20.3. The zero-order valence-corrected chi connectivity index (χ0v) is 20.8. The molecular formula is C24H27F3N4O3S. The number of carbonyl (C=O) groups excluding carboxylic acids is 1. The molecule has 0 saturated carbocycles. The molecule has 0 saturated heterocycles. The molecular weight excluding hydrogens is 481 g/mol. The lowest BCUT2D eigenvalue weighted by Crippen LogP contribution is -2.50. The molecule has 0 bridgehead atoms. The molecule has 0 radical (unpaired) electrons. The lowest BCUT2D eigenvalue weighted by molar-refractivity contribution is -0.146. The van der Waals surface area contributed by atoms with E-state index in [1.54, 1.807) is 38.1 Å². The number of fused-ring (bicyclic) bond motifs is 1. The summed E-state index contributed by atoms with van der Waals surface area (Å²) in [5.41, 5.74) is 1.22. The van der Waals surface area contributed by atoms with Crippen molar-refractivity contribution in [3.05, 3.63) is 47.8 Å². The lowest BCUT2D eigenvalue weighted by Gasteiger charge is -2.26. The minimum Gasteiger partial charge on any atom is -0.480 e. The van der Waals surface area contributed by atoms with Crippen LogP contribution in [0.5, 0.6) is 0 Å². The number of alkyl halides is 3. The molecule has 3 rings (SSSR count). The first-order chi connectivity index (χ1) is 16.3. The van der Waals surface area contributed by atoms with Crippen molar-refractivity contribution in [2.24, 2.45) is 5.92 Å². The van der Waals surface area contributed by atoms with Gasteiger partial charge < -0.3 is 10.4 Å². The van der Waals surface area contributed by atoms with Gasteiger partial charge in [0.2, 0.25) is 11.7 Å². The molecule has 188 valence electrons. The zero-order valence-electron chi connectivity index (χ0n) is 20.0. The van der Waals surface area contributed by atoms with Gasteiger partial charge >= 0.3 is 12.1 Å². The van der Waals surface area contributed by atoms with Crippen LogP contribution in [0.3, 0.4) is 0 Å². The maximum atomic E-state index is 14.0. The highest BCUT2D eigenvalue weighted by Gasteiger charge is 2.41. The summed E-state index contributed by atoms with van der Waals surface area (Å²) < 4.78 is 41.4. The predicted molar refractivity (Wildman–Crippen MR) is 128 cm³/mol. The molecule has 1 atom stereocenters. The van der Waals surface area contributed by atoms with Crippen LogP contribution in [0.25, 0.3) is 16.5 Å². The minimum atomic E-state index is -4.80. The third-order valence-corrected chi connectivity index (χ3v) is 6.76. The monoisotopic (exact) mass is 508 g/mol. The largest absolute Gasteiger partial charge is 0.480 e. The second-order valence-electron chi connectivity index (χ2n) is 8.93. The van der Waals surface area contributed by atoms with Gasteiger partial charge in [0.05, 0.1) is 10.4 Å². The number of aryl methyl sites for hydroxylation is 1. The molecule has 0 spiro atoms. The number of thioether (sulfide) groups is 1. The van der Waals surface area contributed by atoms with E-state index in [1.165, 1.54) is 13.8 Å². The quantitative estimate of drug-likeness (QED) is 0.411. The van der Waals surface area contributed by atoms with Crippen LogP contribution < -0.4 is 5.32 Å². The molecule has 7 nitrogen and oxygen atoms in total. The molecule has 2 aromatic carbocycles. The molecule has 0 aliphatic heterocycles. The molecule has 0 aliphatic rings. The van der Waals surface area contributed by atoms with Crippen LogP contribution in [-0.2, 0) is 22.2 Å². The Kier molecular flexibility index (Phi) is 7.49. The number of carbonyl (C=O) groups is 2. The van der Waals surface area contributed by atoms with Crippen LogP contribution in [0.15, 0.2) is 41.6 Å². The maximum Gasteiger partial charge on any atom is 0.452 e. The Morgan fingerprint density at radius 2 is 1.71 bits per heavy atom. The molecule has 11 heteroatoms. The van der Waals surface area contributed by atoms with Gasteiger partial charge in [0.15, 0.2) is 5.16 Å². The number of carboxylic acids is 1. The summed E-state index contributed by atoms with van der Waals surface area (Å²) >= 11 is 0.781. The van der Waals surface area contributed by atoms with Crippen molar-refractivity contribution in [2.75, 3.05) is 0 Å². The normalized spacial score (nSPS) is 13.3. The molecule has 0 fully saturated rings. The maximum absolute atomic E-state index is 14.0. The van der Waals surface area contributed by atoms with Crippen molar-refractivity contribution in [1.29, 1.82) is 0 Å². The minimum absolute atomic E-state index is 0.136. The average molecular weight is 509 g/mol. The number of nitrogens with zero attached hydrogens (tertiary/aromatic N) is 3. The van der Waals surface area contributed by atoms with Crippen LogP contribution in [0.4, 0.5) is 13.2 Å². The molecule has 35 heavy (non-hydrogen) atoms. The number of amides is 1. The predicted octanol–water partition coefficient (Wildman–Crippen LogP) is 5.10. The highest BCUT2D eigenvalue weighted by Crippen LogP contribution is 2.39. The number of aliphatic carboxylic acids is 1. The van der Waals surface area contributed by atoms with Gasteiger partial charge in [0, 0.05) is 5.39 Å². The van der Waals surface area contributed by atoms with Crippen LogP contribution >= 0.6 is 11.8 Å². The van der Waals surface area contributed by atoms with Crippen molar-refractivity contribution in [1.82, 2.24) is 20.1 Å². The zero-order chi connectivity index (χ0) is 26.1. The molecule has 1 unspecified atom stereocenters. The molecule has 1 amide bonds. The molecule has 1 aromatic heterocycles. The summed E-state index contributed by atoms with van der Waals surface area (Å²) in [6, 6.07) is 9.36. The number of benzene rings is 2. The summed E-state index contributed by atoms with van der Waals surface area (Å²) in [5.74, 6) is -3.44. The average Bonchev–Trinajstić information content (AvgIpc) is 3.19. The van der Waals surface area contributed by atoms with E-state index in [2.05, 4.69) is 15.5 Å². The Labute approximate surface area is 205 Å². The molecule has 0 aliphatic carbocycles. The number of carboxylic acid groups (broad SMARTS) is 1. The second kappa shape index (κ2) is 9.88. The molecule has 3 aromatic rings. The van der Waals surface area contributed by atoms with Crippen LogP contribution in [0.2, 0.25) is 0 Å². The number of hydrogen-bond acceptors (Lipinski definition) is 5. The first-order valence-corrected chi connectivity index (χ1v) is 11.9. The first kappa shape index (κ1) is 26.5. The highest BCUT2D eigenvalue weighted by molar-refractivity contribution is 8.01. The van der Waals surface area contributed by atoms with Crippen LogP contribution in [0.1, 0.15) is 46.0 Å². The van der Waals surface area contributed by atoms with Gasteiger partial charge in [-0.3, -0.25) is 9.36 Å².